The lowest BCUT2D eigenvalue weighted by Crippen LogP contribution is -2.28. The number of hydrogen-bond acceptors (Lipinski definition) is 6. The summed E-state index contributed by atoms with van der Waals surface area (Å²) in [4.78, 5) is 30.3. The summed E-state index contributed by atoms with van der Waals surface area (Å²) in [5.74, 6) is -0.934. The highest BCUT2D eigenvalue weighted by molar-refractivity contribution is 7.99. The van der Waals surface area contributed by atoms with Gasteiger partial charge in [0.2, 0.25) is 0 Å². The van der Waals surface area contributed by atoms with E-state index in [-0.39, 0.29) is 12.5 Å². The minimum absolute atomic E-state index is 0.328. The Hall–Kier alpha value is -3.45. The van der Waals surface area contributed by atoms with Crippen LogP contribution in [0.1, 0.15) is 22.3 Å². The van der Waals surface area contributed by atoms with Gasteiger partial charge in [-0.3, -0.25) is 4.79 Å². The molecule has 0 N–H and O–H groups in total. The molecule has 30 heavy (non-hydrogen) atoms. The van der Waals surface area contributed by atoms with Gasteiger partial charge >= 0.3 is 5.97 Å². The molecule has 0 atom stereocenters. The predicted octanol–water partition coefficient (Wildman–Crippen LogP) is 4.03. The number of benzene rings is 2. The normalized spacial score (nSPS) is 13.1. The lowest BCUT2D eigenvalue weighted by Gasteiger charge is -2.12. The summed E-state index contributed by atoms with van der Waals surface area (Å²) >= 11 is 1.37. The summed E-state index contributed by atoms with van der Waals surface area (Å²) in [6.45, 7) is 0.108. The van der Waals surface area contributed by atoms with E-state index in [2.05, 4.69) is 10.1 Å². The van der Waals surface area contributed by atoms with Gasteiger partial charge in [-0.25, -0.2) is 14.8 Å². The van der Waals surface area contributed by atoms with E-state index in [1.807, 2.05) is 60.7 Å². The maximum absolute atomic E-state index is 12.6. The van der Waals surface area contributed by atoms with Crippen molar-refractivity contribution >= 4 is 29.4 Å². The number of hydrogen-bond donors (Lipinski definition) is 0. The average Bonchev–Trinajstić information content (AvgIpc) is 3.29. The second-order valence-corrected chi connectivity index (χ2v) is 7.59. The number of nitrogens with zero attached hydrogens (tertiary/aromatic N) is 3. The Kier molecular flexibility index (Phi) is 6.20. The molecule has 0 spiro atoms. The Bertz CT molecular complexity index is 1070. The summed E-state index contributed by atoms with van der Waals surface area (Å²) < 4.78 is 5.27. The van der Waals surface area contributed by atoms with Gasteiger partial charge in [0.15, 0.2) is 6.61 Å². The SMILES string of the molecule is O=C(OCC(=O)N1CCC(c2ccccc2)=N1)c1cccnc1Sc1ccccc1. The number of pyridine rings is 1. The van der Waals surface area contributed by atoms with E-state index in [1.54, 1.807) is 18.3 Å². The van der Waals surface area contributed by atoms with E-state index in [4.69, 9.17) is 4.74 Å². The van der Waals surface area contributed by atoms with Crippen LogP contribution in [0.4, 0.5) is 0 Å². The molecule has 0 fully saturated rings. The van der Waals surface area contributed by atoms with Gasteiger partial charge in [0, 0.05) is 17.5 Å². The predicted molar refractivity (Wildman–Crippen MR) is 114 cm³/mol. The number of amides is 1. The Balaban J connectivity index is 1.38. The fourth-order valence-corrected chi connectivity index (χ4v) is 3.87. The van der Waals surface area contributed by atoms with E-state index >= 15 is 0 Å². The number of ether oxygens (including phenoxy) is 1. The first-order valence-corrected chi connectivity index (χ1v) is 10.3. The van der Waals surface area contributed by atoms with Crippen LogP contribution in [0, 0.1) is 0 Å². The van der Waals surface area contributed by atoms with Gasteiger partial charge in [0.25, 0.3) is 5.91 Å². The lowest BCUT2D eigenvalue weighted by atomic mass is 10.1. The molecule has 1 aliphatic heterocycles. The van der Waals surface area contributed by atoms with Crippen LogP contribution >= 0.6 is 11.8 Å². The van der Waals surface area contributed by atoms with Crippen LogP contribution < -0.4 is 0 Å². The molecule has 2 heterocycles. The highest BCUT2D eigenvalue weighted by Crippen LogP contribution is 2.28. The van der Waals surface area contributed by atoms with Crippen molar-refractivity contribution in [2.45, 2.75) is 16.3 Å². The first-order valence-electron chi connectivity index (χ1n) is 9.49. The third-order valence-electron chi connectivity index (χ3n) is 4.47. The maximum Gasteiger partial charge on any atom is 0.341 e. The Morgan fingerprint density at radius 2 is 1.70 bits per heavy atom. The largest absolute Gasteiger partial charge is 0.452 e. The van der Waals surface area contributed by atoms with Crippen molar-refractivity contribution in [3.05, 3.63) is 90.1 Å². The average molecular weight is 417 g/mol. The quantitative estimate of drug-likeness (QED) is 0.567. The highest BCUT2D eigenvalue weighted by atomic mass is 32.2. The first-order chi connectivity index (χ1) is 14.7. The van der Waals surface area contributed by atoms with Crippen LogP contribution in [0.15, 0.2) is 94.0 Å². The zero-order valence-corrected chi connectivity index (χ0v) is 16.9. The van der Waals surface area contributed by atoms with Crippen LogP contribution in [0.5, 0.6) is 0 Å². The number of carbonyl (C=O) groups excluding carboxylic acids is 2. The van der Waals surface area contributed by atoms with Crippen molar-refractivity contribution in [1.82, 2.24) is 9.99 Å². The topological polar surface area (TPSA) is 71.9 Å². The standard InChI is InChI=1S/C23H19N3O3S/c27-21(26-15-13-20(25-26)17-8-3-1-4-9-17)16-29-23(28)19-12-7-14-24-22(19)30-18-10-5-2-6-11-18/h1-12,14H,13,15-16H2. The fraction of sp³-hybridized carbons (Fsp3) is 0.130. The molecule has 1 aromatic heterocycles. The van der Waals surface area contributed by atoms with Crippen LogP contribution in [-0.4, -0.2) is 40.7 Å². The molecule has 7 heteroatoms. The fourth-order valence-electron chi connectivity index (χ4n) is 2.98. The summed E-state index contributed by atoms with van der Waals surface area (Å²) in [6, 6.07) is 22.7. The van der Waals surface area contributed by atoms with Gasteiger partial charge in [-0.15, -0.1) is 0 Å². The second kappa shape index (κ2) is 9.37. The van der Waals surface area contributed by atoms with Crippen LogP contribution in [0.25, 0.3) is 0 Å². The molecule has 0 radical (unpaired) electrons. The molecular weight excluding hydrogens is 398 g/mol. The summed E-state index contributed by atoms with van der Waals surface area (Å²) in [5, 5.41) is 6.27. The lowest BCUT2D eigenvalue weighted by molar-refractivity contribution is -0.134. The molecule has 2 aromatic carbocycles. The van der Waals surface area contributed by atoms with Crippen molar-refractivity contribution in [1.29, 1.82) is 0 Å². The molecule has 0 unspecified atom stereocenters. The van der Waals surface area contributed by atoms with Gasteiger partial charge in [-0.05, 0) is 29.8 Å². The molecule has 0 aliphatic carbocycles. The summed E-state index contributed by atoms with van der Waals surface area (Å²) in [6.07, 6.45) is 2.29. The van der Waals surface area contributed by atoms with E-state index in [0.717, 1.165) is 16.2 Å². The monoisotopic (exact) mass is 417 g/mol. The van der Waals surface area contributed by atoms with Gasteiger partial charge in [0.05, 0.1) is 17.8 Å². The highest BCUT2D eigenvalue weighted by Gasteiger charge is 2.23. The van der Waals surface area contributed by atoms with Crippen molar-refractivity contribution in [2.24, 2.45) is 5.10 Å². The number of aromatic nitrogens is 1. The molecular formula is C23H19N3O3S. The minimum Gasteiger partial charge on any atom is -0.452 e. The molecule has 1 aliphatic rings. The maximum atomic E-state index is 12.6. The molecule has 0 saturated carbocycles. The van der Waals surface area contributed by atoms with Crippen LogP contribution in [0.3, 0.4) is 0 Å². The van der Waals surface area contributed by atoms with E-state index < -0.39 is 5.97 Å². The Morgan fingerprint density at radius 3 is 2.47 bits per heavy atom. The van der Waals surface area contributed by atoms with Gasteiger partial charge in [0.1, 0.15) is 5.03 Å². The van der Waals surface area contributed by atoms with Crippen LogP contribution in [-0.2, 0) is 9.53 Å². The van der Waals surface area contributed by atoms with Crippen molar-refractivity contribution in [3.8, 4) is 0 Å². The zero-order chi connectivity index (χ0) is 20.8. The van der Waals surface area contributed by atoms with Gasteiger partial charge < -0.3 is 4.74 Å². The van der Waals surface area contributed by atoms with Crippen molar-refractivity contribution in [3.63, 3.8) is 0 Å². The molecule has 0 bridgehead atoms. The van der Waals surface area contributed by atoms with Crippen LogP contribution in [0.2, 0.25) is 0 Å². The zero-order valence-electron chi connectivity index (χ0n) is 16.1. The number of carbonyl (C=O) groups is 2. The third kappa shape index (κ3) is 4.75. The molecule has 1 amide bonds. The Labute approximate surface area is 178 Å². The molecule has 4 rings (SSSR count). The number of rotatable bonds is 6. The van der Waals surface area contributed by atoms with E-state index in [1.165, 1.54) is 16.8 Å². The second-order valence-electron chi connectivity index (χ2n) is 6.53. The van der Waals surface area contributed by atoms with Gasteiger partial charge in [-0.2, -0.15) is 5.10 Å². The minimum atomic E-state index is -0.582. The van der Waals surface area contributed by atoms with E-state index in [9.17, 15) is 9.59 Å². The Morgan fingerprint density at radius 1 is 0.967 bits per heavy atom. The first kappa shape index (κ1) is 19.8. The summed E-state index contributed by atoms with van der Waals surface area (Å²) in [7, 11) is 0. The third-order valence-corrected chi connectivity index (χ3v) is 5.50. The number of esters is 1. The smallest absolute Gasteiger partial charge is 0.341 e. The van der Waals surface area contributed by atoms with Crippen molar-refractivity contribution < 1.29 is 14.3 Å². The molecule has 150 valence electrons. The molecule has 6 nitrogen and oxygen atoms in total. The van der Waals surface area contributed by atoms with E-state index in [0.29, 0.717) is 23.6 Å². The van der Waals surface area contributed by atoms with Crippen molar-refractivity contribution in [2.75, 3.05) is 13.2 Å². The molecule has 3 aromatic rings. The summed E-state index contributed by atoms with van der Waals surface area (Å²) in [5.41, 5.74) is 2.17. The number of hydrazone groups is 1. The molecule has 0 saturated heterocycles. The van der Waals surface area contributed by atoms with Gasteiger partial charge in [-0.1, -0.05) is 60.3 Å².